The summed E-state index contributed by atoms with van der Waals surface area (Å²) in [5.74, 6) is -0.920. The summed E-state index contributed by atoms with van der Waals surface area (Å²) >= 11 is 6.05. The van der Waals surface area contributed by atoms with E-state index in [1.54, 1.807) is 51.1 Å². The molecule has 0 amide bonds. The minimum atomic E-state index is -1.18. The number of fused-ring (bicyclic) bond motifs is 1. The molecule has 0 N–H and O–H groups in total. The molecular weight excluding hydrogens is 538 g/mol. The number of halogens is 1. The molecule has 0 fully saturated rings. The van der Waals surface area contributed by atoms with E-state index < -0.39 is 11.5 Å². The smallest absolute Gasteiger partial charge is 0.309 e. The Morgan fingerprint density at radius 1 is 0.902 bits per heavy atom. The van der Waals surface area contributed by atoms with Crippen LogP contribution in [0.25, 0.3) is 5.52 Å². The minimum absolute atomic E-state index is 0.182. The quantitative estimate of drug-likeness (QED) is 0.123. The topological polar surface area (TPSA) is 74.1 Å². The van der Waals surface area contributed by atoms with Gasteiger partial charge >= 0.3 is 5.97 Å². The van der Waals surface area contributed by atoms with E-state index in [4.69, 9.17) is 21.1 Å². The summed E-state index contributed by atoms with van der Waals surface area (Å²) in [7, 11) is 0. The van der Waals surface area contributed by atoms with Crippen LogP contribution >= 0.6 is 11.6 Å². The molecule has 2 unspecified atom stereocenters. The Labute approximate surface area is 246 Å². The third-order valence-corrected chi connectivity index (χ3v) is 7.63. The van der Waals surface area contributed by atoms with E-state index in [0.717, 1.165) is 16.6 Å². The van der Waals surface area contributed by atoms with Crippen LogP contribution in [0.5, 0.6) is 0 Å². The summed E-state index contributed by atoms with van der Waals surface area (Å²) in [5, 5.41) is 0.519. The molecule has 2 atom stereocenters. The first-order valence-corrected chi connectivity index (χ1v) is 14.3. The van der Waals surface area contributed by atoms with Gasteiger partial charge in [-0.1, -0.05) is 48.9 Å². The third kappa shape index (κ3) is 7.13. The number of aromatic nitrogens is 1. The highest BCUT2D eigenvalue weighted by atomic mass is 35.5. The van der Waals surface area contributed by atoms with Gasteiger partial charge in [-0.3, -0.25) is 14.4 Å². The lowest BCUT2D eigenvalue weighted by molar-refractivity contribution is -0.148. The molecular formula is C34H36ClNO5. The fourth-order valence-corrected chi connectivity index (χ4v) is 5.11. The van der Waals surface area contributed by atoms with Gasteiger partial charge in [-0.05, 0) is 87.2 Å². The van der Waals surface area contributed by atoms with Crippen molar-refractivity contribution in [3.05, 3.63) is 112 Å². The fraction of sp³-hybridized carbons (Fsp3) is 0.324. The first kappa shape index (κ1) is 30.2. The molecule has 41 heavy (non-hydrogen) atoms. The first-order valence-electron chi connectivity index (χ1n) is 13.9. The second kappa shape index (κ2) is 13.3. The lowest BCUT2D eigenvalue weighted by atomic mass is 9.76. The Bertz CT molecular complexity index is 1510. The standard InChI is InChI=1S/C34H36ClNO5/c1-5-25(33(39)40-6-2)18-24-19-29-20-27(16-17-36(29)21-24)31(38)34(3,4)32(41-22-23-10-8-7-9-11-23)30(37)26-12-14-28(35)15-13-26/h7-17,19-21,25,32H,5-6,18,22H2,1-4H3. The number of hydrogen-bond donors (Lipinski definition) is 0. The Morgan fingerprint density at radius 2 is 1.61 bits per heavy atom. The number of pyridine rings is 1. The van der Waals surface area contributed by atoms with E-state index in [9.17, 15) is 14.4 Å². The summed E-state index contributed by atoms with van der Waals surface area (Å²) in [6.07, 6.45) is 3.98. The summed E-state index contributed by atoms with van der Waals surface area (Å²) in [4.78, 5) is 40.1. The van der Waals surface area contributed by atoms with Crippen LogP contribution in [0, 0.1) is 11.3 Å². The zero-order chi connectivity index (χ0) is 29.6. The highest BCUT2D eigenvalue weighted by Crippen LogP contribution is 2.32. The van der Waals surface area contributed by atoms with Crippen LogP contribution < -0.4 is 0 Å². The van der Waals surface area contributed by atoms with Crippen molar-refractivity contribution in [2.24, 2.45) is 11.3 Å². The molecule has 2 aromatic carbocycles. The number of ether oxygens (including phenoxy) is 2. The Morgan fingerprint density at radius 3 is 2.27 bits per heavy atom. The fourth-order valence-electron chi connectivity index (χ4n) is 4.98. The molecule has 214 valence electrons. The Hall–Kier alpha value is -3.74. The van der Waals surface area contributed by atoms with Gasteiger partial charge < -0.3 is 13.9 Å². The van der Waals surface area contributed by atoms with Crippen LogP contribution in [-0.4, -0.2) is 34.6 Å². The van der Waals surface area contributed by atoms with Crippen molar-refractivity contribution in [3.8, 4) is 0 Å². The van der Waals surface area contributed by atoms with Gasteiger partial charge in [0.1, 0.15) is 6.10 Å². The molecule has 0 spiro atoms. The number of esters is 1. The number of Topliss-reactive ketones (excluding diaryl/α,β-unsaturated/α-hetero) is 2. The normalized spacial score (nSPS) is 13.1. The number of carbonyl (C=O) groups excluding carboxylic acids is 3. The number of ketones is 2. The highest BCUT2D eigenvalue weighted by Gasteiger charge is 2.43. The van der Waals surface area contributed by atoms with Gasteiger partial charge in [-0.25, -0.2) is 0 Å². The van der Waals surface area contributed by atoms with E-state index in [0.29, 0.717) is 35.6 Å². The molecule has 4 rings (SSSR count). The molecule has 2 heterocycles. The van der Waals surface area contributed by atoms with Crippen molar-refractivity contribution in [1.82, 2.24) is 4.40 Å². The van der Waals surface area contributed by atoms with E-state index in [1.807, 2.05) is 66.2 Å². The van der Waals surface area contributed by atoms with E-state index in [2.05, 4.69) is 0 Å². The lowest BCUT2D eigenvalue weighted by Crippen LogP contribution is -2.44. The molecule has 0 saturated heterocycles. The van der Waals surface area contributed by atoms with E-state index >= 15 is 0 Å². The summed E-state index contributed by atoms with van der Waals surface area (Å²) in [6, 6.07) is 21.7. The Kier molecular flexibility index (Phi) is 9.79. The van der Waals surface area contributed by atoms with E-state index in [-0.39, 0.29) is 30.1 Å². The molecule has 2 aromatic heterocycles. The molecule has 0 aliphatic heterocycles. The molecule has 0 bridgehead atoms. The molecule has 0 radical (unpaired) electrons. The minimum Gasteiger partial charge on any atom is -0.466 e. The van der Waals surface area contributed by atoms with Crippen molar-refractivity contribution >= 4 is 34.7 Å². The maximum absolute atomic E-state index is 14.0. The van der Waals surface area contributed by atoms with Gasteiger partial charge in [0.15, 0.2) is 11.6 Å². The number of benzene rings is 2. The summed E-state index contributed by atoms with van der Waals surface area (Å²) < 4.78 is 13.4. The van der Waals surface area contributed by atoms with Gasteiger partial charge in [0, 0.05) is 34.1 Å². The van der Waals surface area contributed by atoms with Crippen LogP contribution in [0.1, 0.15) is 66.0 Å². The van der Waals surface area contributed by atoms with Gasteiger partial charge in [0.25, 0.3) is 0 Å². The average Bonchev–Trinajstić information content (AvgIpc) is 3.38. The molecule has 0 saturated carbocycles. The lowest BCUT2D eigenvalue weighted by Gasteiger charge is -2.32. The predicted octanol–water partition coefficient (Wildman–Crippen LogP) is 7.40. The van der Waals surface area contributed by atoms with Crippen LogP contribution in [0.15, 0.2) is 85.2 Å². The Balaban J connectivity index is 1.61. The molecule has 4 aromatic rings. The van der Waals surface area contributed by atoms with Gasteiger partial charge in [-0.2, -0.15) is 0 Å². The zero-order valence-electron chi connectivity index (χ0n) is 23.9. The predicted molar refractivity (Wildman–Crippen MR) is 160 cm³/mol. The first-order chi connectivity index (χ1) is 19.6. The average molecular weight is 574 g/mol. The third-order valence-electron chi connectivity index (χ3n) is 7.38. The monoisotopic (exact) mass is 573 g/mol. The largest absolute Gasteiger partial charge is 0.466 e. The summed E-state index contributed by atoms with van der Waals surface area (Å²) in [6.45, 7) is 7.80. The van der Waals surface area contributed by atoms with Crippen molar-refractivity contribution in [1.29, 1.82) is 0 Å². The second-order valence-electron chi connectivity index (χ2n) is 10.8. The summed E-state index contributed by atoms with van der Waals surface area (Å²) in [5.41, 5.74) is 2.42. The number of hydrogen-bond acceptors (Lipinski definition) is 5. The van der Waals surface area contributed by atoms with Gasteiger partial charge in [0.2, 0.25) is 0 Å². The van der Waals surface area contributed by atoms with Crippen LogP contribution in [0.2, 0.25) is 5.02 Å². The number of nitrogens with zero attached hydrogens (tertiary/aromatic N) is 1. The van der Waals surface area contributed by atoms with Crippen molar-refractivity contribution < 1.29 is 23.9 Å². The molecule has 6 nitrogen and oxygen atoms in total. The maximum atomic E-state index is 14.0. The van der Waals surface area contributed by atoms with E-state index in [1.165, 1.54) is 0 Å². The van der Waals surface area contributed by atoms with Gasteiger partial charge in [-0.15, -0.1) is 0 Å². The molecule has 0 aliphatic rings. The van der Waals surface area contributed by atoms with Crippen molar-refractivity contribution in [2.75, 3.05) is 6.61 Å². The molecule has 7 heteroatoms. The maximum Gasteiger partial charge on any atom is 0.309 e. The second-order valence-corrected chi connectivity index (χ2v) is 11.2. The van der Waals surface area contributed by atoms with Crippen molar-refractivity contribution in [2.45, 2.75) is 53.2 Å². The SMILES string of the molecule is CCOC(=O)C(CC)Cc1cc2cc(C(=O)C(C)(C)C(OCc3ccccc3)C(=O)c3ccc(Cl)cc3)ccn2c1. The highest BCUT2D eigenvalue weighted by molar-refractivity contribution is 6.30. The van der Waals surface area contributed by atoms with Crippen LogP contribution in [0.3, 0.4) is 0 Å². The number of carbonyl (C=O) groups is 3. The number of rotatable bonds is 13. The van der Waals surface area contributed by atoms with Gasteiger partial charge in [0.05, 0.1) is 24.5 Å². The van der Waals surface area contributed by atoms with Crippen molar-refractivity contribution in [3.63, 3.8) is 0 Å². The zero-order valence-corrected chi connectivity index (χ0v) is 24.7. The van der Waals surface area contributed by atoms with Crippen LogP contribution in [-0.2, 0) is 27.3 Å². The van der Waals surface area contributed by atoms with Crippen LogP contribution in [0.4, 0.5) is 0 Å². The molecule has 0 aliphatic carbocycles.